The normalized spacial score (nSPS) is 11.2. The second-order valence-electron chi connectivity index (χ2n) is 4.48. The molecule has 0 fully saturated rings. The van der Waals surface area contributed by atoms with E-state index < -0.39 is 0 Å². The molecule has 0 aliphatic carbocycles. The molecule has 4 heteroatoms. The summed E-state index contributed by atoms with van der Waals surface area (Å²) in [5, 5.41) is 0. The predicted octanol–water partition coefficient (Wildman–Crippen LogP) is 4.17. The van der Waals surface area contributed by atoms with Crippen LogP contribution in [0.25, 0.3) is 0 Å². The van der Waals surface area contributed by atoms with Gasteiger partial charge in [-0.05, 0) is 45.0 Å². The van der Waals surface area contributed by atoms with Gasteiger partial charge in [0.1, 0.15) is 12.4 Å². The van der Waals surface area contributed by atoms with Gasteiger partial charge in [0.2, 0.25) is 0 Å². The Labute approximate surface area is 123 Å². The van der Waals surface area contributed by atoms with Crippen LogP contribution in [0.3, 0.4) is 0 Å². The maximum Gasteiger partial charge on any atom is 0.120 e. The van der Waals surface area contributed by atoms with Crippen LogP contribution in [0.2, 0.25) is 0 Å². The molecule has 0 aliphatic heterocycles. The summed E-state index contributed by atoms with van der Waals surface area (Å²) in [7, 11) is 0. The average Bonchev–Trinajstić information content (AvgIpc) is 2.33. The molecule has 1 aromatic carbocycles. The smallest absolute Gasteiger partial charge is 0.120 e. The van der Waals surface area contributed by atoms with E-state index in [0.717, 1.165) is 35.6 Å². The van der Waals surface area contributed by atoms with Crippen molar-refractivity contribution < 1.29 is 4.74 Å². The first kappa shape index (κ1) is 15.8. The molecule has 0 atom stereocenters. The third-order valence-electron chi connectivity index (χ3n) is 2.75. The molecule has 102 valence electrons. The zero-order chi connectivity index (χ0) is 13.4. The molecule has 0 bridgehead atoms. The largest absolute Gasteiger partial charge is 0.492 e. The molecule has 0 saturated heterocycles. The first-order valence-electron chi connectivity index (χ1n) is 6.32. The Morgan fingerprint density at radius 2 is 2.11 bits per heavy atom. The number of nitrogens with zero attached hydrogens (tertiary/aromatic N) is 1. The molecular formula is C14H21BrClNO. The number of hydrogen-bond acceptors (Lipinski definition) is 2. The van der Waals surface area contributed by atoms with Gasteiger partial charge in [-0.1, -0.05) is 22.0 Å². The van der Waals surface area contributed by atoms with Crippen molar-refractivity contribution in [2.24, 2.45) is 0 Å². The fraction of sp³-hybridized carbons (Fsp3) is 0.571. The van der Waals surface area contributed by atoms with Gasteiger partial charge in [0.25, 0.3) is 0 Å². The lowest BCUT2D eigenvalue weighted by Gasteiger charge is -2.26. The summed E-state index contributed by atoms with van der Waals surface area (Å²) in [5.41, 5.74) is 0. The number of hydrogen-bond donors (Lipinski definition) is 0. The van der Waals surface area contributed by atoms with Crippen molar-refractivity contribution >= 4 is 27.5 Å². The molecule has 2 nitrogen and oxygen atoms in total. The molecule has 0 N–H and O–H groups in total. The molecule has 0 saturated carbocycles. The van der Waals surface area contributed by atoms with E-state index in [-0.39, 0.29) is 0 Å². The van der Waals surface area contributed by atoms with E-state index >= 15 is 0 Å². The lowest BCUT2D eigenvalue weighted by Crippen LogP contribution is -2.35. The van der Waals surface area contributed by atoms with Gasteiger partial charge < -0.3 is 4.74 Å². The van der Waals surface area contributed by atoms with Crippen molar-refractivity contribution in [2.45, 2.75) is 26.3 Å². The highest BCUT2D eigenvalue weighted by Gasteiger charge is 2.08. The minimum atomic E-state index is 0.527. The highest BCUT2D eigenvalue weighted by Crippen LogP contribution is 2.17. The van der Waals surface area contributed by atoms with Gasteiger partial charge in [0.05, 0.1) is 0 Å². The maximum atomic E-state index is 5.74. The van der Waals surface area contributed by atoms with E-state index in [0.29, 0.717) is 12.6 Å². The lowest BCUT2D eigenvalue weighted by atomic mass is 10.3. The fourth-order valence-corrected chi connectivity index (χ4v) is 2.23. The van der Waals surface area contributed by atoms with Crippen LogP contribution in [-0.4, -0.2) is 36.5 Å². The lowest BCUT2D eigenvalue weighted by molar-refractivity contribution is 0.176. The van der Waals surface area contributed by atoms with Gasteiger partial charge in [-0.15, -0.1) is 11.6 Å². The summed E-state index contributed by atoms with van der Waals surface area (Å²) in [6.07, 6.45) is 1.02. The predicted molar refractivity (Wildman–Crippen MR) is 81.7 cm³/mol. The molecule has 1 aromatic rings. The van der Waals surface area contributed by atoms with Crippen LogP contribution in [-0.2, 0) is 0 Å². The number of halogens is 2. The molecular weight excluding hydrogens is 314 g/mol. The second-order valence-corrected chi connectivity index (χ2v) is 5.77. The standard InChI is InChI=1S/C14H21BrClNO/c1-12(2)17(8-4-7-16)9-10-18-14-6-3-5-13(15)11-14/h3,5-6,11-12H,4,7-10H2,1-2H3. The van der Waals surface area contributed by atoms with E-state index in [1.54, 1.807) is 0 Å². The van der Waals surface area contributed by atoms with Gasteiger partial charge in [-0.25, -0.2) is 0 Å². The Balaban J connectivity index is 2.34. The summed E-state index contributed by atoms with van der Waals surface area (Å²) < 4.78 is 6.79. The minimum Gasteiger partial charge on any atom is -0.492 e. The van der Waals surface area contributed by atoms with Crippen LogP contribution in [0.1, 0.15) is 20.3 Å². The quantitative estimate of drug-likeness (QED) is 0.662. The molecule has 0 radical (unpaired) electrons. The van der Waals surface area contributed by atoms with Crippen LogP contribution < -0.4 is 4.74 Å². The van der Waals surface area contributed by atoms with Crippen molar-refractivity contribution in [3.63, 3.8) is 0 Å². The molecule has 0 amide bonds. The van der Waals surface area contributed by atoms with Crippen LogP contribution >= 0.6 is 27.5 Å². The van der Waals surface area contributed by atoms with E-state index in [2.05, 4.69) is 34.7 Å². The summed E-state index contributed by atoms with van der Waals surface area (Å²) >= 11 is 9.17. The van der Waals surface area contributed by atoms with Gasteiger partial charge >= 0.3 is 0 Å². The Hall–Kier alpha value is -0.250. The highest BCUT2D eigenvalue weighted by atomic mass is 79.9. The molecule has 0 heterocycles. The van der Waals surface area contributed by atoms with Crippen molar-refractivity contribution in [1.82, 2.24) is 4.90 Å². The van der Waals surface area contributed by atoms with E-state index in [1.807, 2.05) is 24.3 Å². The van der Waals surface area contributed by atoms with Crippen LogP contribution in [0.4, 0.5) is 0 Å². The Bertz CT molecular complexity index is 346. The molecule has 18 heavy (non-hydrogen) atoms. The Morgan fingerprint density at radius 1 is 1.33 bits per heavy atom. The van der Waals surface area contributed by atoms with Crippen molar-refractivity contribution in [1.29, 1.82) is 0 Å². The molecule has 1 rings (SSSR count). The maximum absolute atomic E-state index is 5.74. The van der Waals surface area contributed by atoms with Gasteiger partial charge in [-0.2, -0.15) is 0 Å². The number of benzene rings is 1. The third-order valence-corrected chi connectivity index (χ3v) is 3.51. The van der Waals surface area contributed by atoms with Crippen molar-refractivity contribution in [3.8, 4) is 5.75 Å². The number of rotatable bonds is 8. The minimum absolute atomic E-state index is 0.527. The average molecular weight is 335 g/mol. The first-order valence-corrected chi connectivity index (χ1v) is 7.64. The number of alkyl halides is 1. The van der Waals surface area contributed by atoms with E-state index in [9.17, 15) is 0 Å². The molecule has 0 aliphatic rings. The van der Waals surface area contributed by atoms with E-state index in [1.165, 1.54) is 0 Å². The van der Waals surface area contributed by atoms with Gasteiger partial charge in [0.15, 0.2) is 0 Å². The van der Waals surface area contributed by atoms with Gasteiger partial charge in [0, 0.05) is 22.9 Å². The summed E-state index contributed by atoms with van der Waals surface area (Å²) in [5.74, 6) is 1.63. The number of ether oxygens (including phenoxy) is 1. The molecule has 0 spiro atoms. The summed E-state index contributed by atoms with van der Waals surface area (Å²) in [6.45, 7) is 7.07. The van der Waals surface area contributed by atoms with Gasteiger partial charge in [-0.3, -0.25) is 4.90 Å². The van der Waals surface area contributed by atoms with E-state index in [4.69, 9.17) is 16.3 Å². The summed E-state index contributed by atoms with van der Waals surface area (Å²) in [6, 6.07) is 8.46. The second kappa shape index (κ2) is 8.78. The Morgan fingerprint density at radius 3 is 2.72 bits per heavy atom. The molecule has 0 aromatic heterocycles. The Kier molecular flexibility index (Phi) is 7.71. The summed E-state index contributed by atoms with van der Waals surface area (Å²) in [4.78, 5) is 2.39. The zero-order valence-electron chi connectivity index (χ0n) is 11.0. The van der Waals surface area contributed by atoms with Crippen LogP contribution in [0, 0.1) is 0 Å². The monoisotopic (exact) mass is 333 g/mol. The zero-order valence-corrected chi connectivity index (χ0v) is 13.4. The first-order chi connectivity index (χ1) is 8.63. The van der Waals surface area contributed by atoms with Crippen molar-refractivity contribution in [3.05, 3.63) is 28.7 Å². The topological polar surface area (TPSA) is 12.5 Å². The highest BCUT2D eigenvalue weighted by molar-refractivity contribution is 9.10. The fourth-order valence-electron chi connectivity index (χ4n) is 1.73. The molecule has 0 unspecified atom stereocenters. The van der Waals surface area contributed by atoms with Crippen molar-refractivity contribution in [2.75, 3.05) is 25.6 Å². The van der Waals surface area contributed by atoms with Crippen LogP contribution in [0.5, 0.6) is 5.75 Å². The van der Waals surface area contributed by atoms with Crippen LogP contribution in [0.15, 0.2) is 28.7 Å². The third kappa shape index (κ3) is 6.07. The SMILES string of the molecule is CC(C)N(CCCCl)CCOc1cccc(Br)c1.